The minimum Gasteiger partial charge on any atom is -0.395 e. The van der Waals surface area contributed by atoms with Crippen LogP contribution in [0.1, 0.15) is 20.3 Å². The first kappa shape index (κ1) is 13.5. The Morgan fingerprint density at radius 1 is 1.44 bits per heavy atom. The second kappa shape index (κ2) is 4.01. The van der Waals surface area contributed by atoms with E-state index in [4.69, 9.17) is 11.0 Å². The van der Waals surface area contributed by atoms with Gasteiger partial charge in [-0.15, -0.1) is 0 Å². The Hall–Kier alpha value is -2.59. The van der Waals surface area contributed by atoms with E-state index >= 15 is 0 Å². The lowest BCUT2D eigenvalue weighted by atomic mass is 9.70. The molecule has 92 valence electrons. The molecule has 0 aromatic rings. The molecule has 18 heavy (non-hydrogen) atoms. The van der Waals surface area contributed by atoms with Crippen molar-refractivity contribution in [2.75, 3.05) is 0 Å². The Kier molecular flexibility index (Phi) is 3.00. The van der Waals surface area contributed by atoms with Crippen LogP contribution in [0.5, 0.6) is 0 Å². The molecular formula is C11H11N5O2. The molecule has 0 amide bonds. The second-order valence-electron chi connectivity index (χ2n) is 4.30. The van der Waals surface area contributed by atoms with E-state index in [-0.39, 0.29) is 17.7 Å². The summed E-state index contributed by atoms with van der Waals surface area (Å²) < 4.78 is 0. The van der Waals surface area contributed by atoms with Crippen molar-refractivity contribution in [3.8, 4) is 18.2 Å². The van der Waals surface area contributed by atoms with E-state index in [1.165, 1.54) is 6.92 Å². The Morgan fingerprint density at radius 3 is 2.22 bits per heavy atom. The summed E-state index contributed by atoms with van der Waals surface area (Å²) in [4.78, 5) is 10.6. The highest BCUT2D eigenvalue weighted by Gasteiger charge is 2.67. The molecule has 7 nitrogen and oxygen atoms in total. The number of rotatable bonds is 2. The van der Waals surface area contributed by atoms with Gasteiger partial charge in [-0.3, -0.25) is 10.1 Å². The zero-order valence-electron chi connectivity index (χ0n) is 9.97. The molecule has 1 rings (SSSR count). The van der Waals surface area contributed by atoms with Crippen LogP contribution in [0.15, 0.2) is 11.3 Å². The molecule has 0 radical (unpaired) electrons. The largest absolute Gasteiger partial charge is 0.395 e. The van der Waals surface area contributed by atoms with E-state index in [0.29, 0.717) is 0 Å². The highest BCUT2D eigenvalue weighted by Crippen LogP contribution is 2.53. The quantitative estimate of drug-likeness (QED) is 0.564. The number of nitriles is 3. The molecule has 0 aromatic carbocycles. The van der Waals surface area contributed by atoms with Gasteiger partial charge in [-0.25, -0.2) is 0 Å². The van der Waals surface area contributed by atoms with Crippen LogP contribution in [0.2, 0.25) is 0 Å². The maximum atomic E-state index is 11.2. The SMILES string of the molecule is CCC1C(C#N)(C#N)C(C#N)=C(N)C1(C)[N+](=O)[O-]. The minimum absolute atomic E-state index is 0.199. The van der Waals surface area contributed by atoms with Crippen LogP contribution in [-0.2, 0) is 0 Å². The van der Waals surface area contributed by atoms with Gasteiger partial charge in [0, 0.05) is 11.8 Å². The van der Waals surface area contributed by atoms with Crippen molar-refractivity contribution >= 4 is 0 Å². The number of nitro groups is 1. The van der Waals surface area contributed by atoms with Gasteiger partial charge in [0.15, 0.2) is 5.41 Å². The summed E-state index contributed by atoms with van der Waals surface area (Å²) in [6.45, 7) is 2.88. The Morgan fingerprint density at radius 2 is 1.94 bits per heavy atom. The number of allylic oxidation sites excluding steroid dienone is 1. The van der Waals surface area contributed by atoms with E-state index in [2.05, 4.69) is 0 Å². The molecular weight excluding hydrogens is 234 g/mol. The first-order chi connectivity index (χ1) is 8.36. The van der Waals surface area contributed by atoms with Gasteiger partial charge in [0.25, 0.3) is 5.54 Å². The number of hydrogen-bond donors (Lipinski definition) is 1. The third-order valence-electron chi connectivity index (χ3n) is 3.66. The van der Waals surface area contributed by atoms with E-state index in [1.54, 1.807) is 25.1 Å². The molecule has 0 spiro atoms. The summed E-state index contributed by atoms with van der Waals surface area (Å²) in [7, 11) is 0. The fourth-order valence-electron chi connectivity index (χ4n) is 2.62. The Labute approximate surface area is 104 Å². The van der Waals surface area contributed by atoms with Crippen LogP contribution < -0.4 is 5.73 Å². The molecule has 2 unspecified atom stereocenters. The number of nitrogens with zero attached hydrogens (tertiary/aromatic N) is 4. The molecule has 1 aliphatic rings. The van der Waals surface area contributed by atoms with Gasteiger partial charge in [-0.2, -0.15) is 15.8 Å². The van der Waals surface area contributed by atoms with E-state index in [1.807, 2.05) is 0 Å². The lowest BCUT2D eigenvalue weighted by Gasteiger charge is -2.27. The molecule has 0 fully saturated rings. The third-order valence-corrected chi connectivity index (χ3v) is 3.66. The van der Waals surface area contributed by atoms with Crippen molar-refractivity contribution in [2.24, 2.45) is 17.1 Å². The smallest absolute Gasteiger partial charge is 0.264 e. The van der Waals surface area contributed by atoms with Gasteiger partial charge < -0.3 is 5.73 Å². The normalized spacial score (nSPS) is 29.2. The molecule has 2 N–H and O–H groups in total. The molecule has 0 heterocycles. The summed E-state index contributed by atoms with van der Waals surface area (Å²) >= 11 is 0. The monoisotopic (exact) mass is 245 g/mol. The van der Waals surface area contributed by atoms with Crippen molar-refractivity contribution in [3.63, 3.8) is 0 Å². The zero-order chi connectivity index (χ0) is 14.1. The Bertz CT molecular complexity index is 545. The summed E-state index contributed by atoms with van der Waals surface area (Å²) in [5.41, 5.74) is 1.50. The molecule has 0 saturated heterocycles. The van der Waals surface area contributed by atoms with E-state index in [9.17, 15) is 20.6 Å². The zero-order valence-corrected chi connectivity index (χ0v) is 9.97. The average Bonchev–Trinajstić information content (AvgIpc) is 2.55. The maximum Gasteiger partial charge on any atom is 0.264 e. The van der Waals surface area contributed by atoms with Gasteiger partial charge in [0.2, 0.25) is 0 Å². The van der Waals surface area contributed by atoms with Crippen molar-refractivity contribution in [3.05, 3.63) is 21.4 Å². The molecule has 1 aliphatic carbocycles. The van der Waals surface area contributed by atoms with Crippen LogP contribution in [0.4, 0.5) is 0 Å². The highest BCUT2D eigenvalue weighted by atomic mass is 16.6. The third kappa shape index (κ3) is 1.20. The summed E-state index contributed by atoms with van der Waals surface area (Å²) in [5, 5.41) is 38.7. The minimum atomic E-state index is -1.84. The van der Waals surface area contributed by atoms with E-state index in [0.717, 1.165) is 0 Å². The lowest BCUT2D eigenvalue weighted by Crippen LogP contribution is -2.47. The topological polar surface area (TPSA) is 141 Å². The van der Waals surface area contributed by atoms with E-state index < -0.39 is 21.8 Å². The molecule has 7 heteroatoms. The van der Waals surface area contributed by atoms with Crippen LogP contribution >= 0.6 is 0 Å². The van der Waals surface area contributed by atoms with Gasteiger partial charge >= 0.3 is 0 Å². The first-order valence-corrected chi connectivity index (χ1v) is 5.24. The van der Waals surface area contributed by atoms with Crippen LogP contribution in [0.25, 0.3) is 0 Å². The van der Waals surface area contributed by atoms with Crippen LogP contribution in [-0.4, -0.2) is 10.5 Å². The average molecular weight is 245 g/mol. The number of hydrogen-bond acceptors (Lipinski definition) is 6. The summed E-state index contributed by atoms with van der Waals surface area (Å²) in [6, 6.07) is 5.17. The van der Waals surface area contributed by atoms with Crippen molar-refractivity contribution in [1.82, 2.24) is 0 Å². The van der Waals surface area contributed by atoms with Crippen LogP contribution in [0, 0.1) is 55.4 Å². The lowest BCUT2D eigenvalue weighted by molar-refractivity contribution is -0.564. The van der Waals surface area contributed by atoms with Crippen LogP contribution in [0.3, 0.4) is 0 Å². The van der Waals surface area contributed by atoms with Crippen molar-refractivity contribution in [2.45, 2.75) is 25.8 Å². The van der Waals surface area contributed by atoms with Gasteiger partial charge in [0.05, 0.1) is 29.7 Å². The molecule has 0 bridgehead atoms. The number of nitrogens with two attached hydrogens (primary N) is 1. The van der Waals surface area contributed by atoms with Crippen molar-refractivity contribution in [1.29, 1.82) is 15.8 Å². The predicted octanol–water partition coefficient (Wildman–Crippen LogP) is 0.832. The summed E-state index contributed by atoms with van der Waals surface area (Å²) in [5.74, 6) is -0.940. The summed E-state index contributed by atoms with van der Waals surface area (Å²) in [6.07, 6.45) is 0.199. The predicted molar refractivity (Wildman–Crippen MR) is 59.7 cm³/mol. The van der Waals surface area contributed by atoms with Crippen molar-refractivity contribution < 1.29 is 4.92 Å². The fraction of sp³-hybridized carbons (Fsp3) is 0.545. The molecule has 2 atom stereocenters. The standard InChI is InChI=1S/C11H11N5O2/c1-3-8-10(2,16(17)18)9(15)7(4-12)11(8,5-13)6-14/h8H,3,15H2,1-2H3. The maximum absolute atomic E-state index is 11.2. The molecule has 0 aromatic heterocycles. The molecule has 0 saturated carbocycles. The molecule has 0 aliphatic heterocycles. The van der Waals surface area contributed by atoms with Gasteiger partial charge in [0.1, 0.15) is 5.70 Å². The second-order valence-corrected chi connectivity index (χ2v) is 4.30. The van der Waals surface area contributed by atoms with Gasteiger partial charge in [-0.05, 0) is 6.42 Å². The van der Waals surface area contributed by atoms with Gasteiger partial charge in [-0.1, -0.05) is 6.92 Å². The highest BCUT2D eigenvalue weighted by molar-refractivity contribution is 5.53. The first-order valence-electron chi connectivity index (χ1n) is 5.24. The fourth-order valence-corrected chi connectivity index (χ4v) is 2.62. The Balaban J connectivity index is 3.74.